The number of rotatable bonds is 3. The van der Waals surface area contributed by atoms with Crippen LogP contribution in [0.25, 0.3) is 0 Å². The number of halogens is 3. The van der Waals surface area contributed by atoms with Crippen molar-refractivity contribution in [1.29, 1.82) is 0 Å². The van der Waals surface area contributed by atoms with E-state index in [1.165, 1.54) is 12.1 Å². The average molecular weight is 285 g/mol. The van der Waals surface area contributed by atoms with E-state index in [4.69, 9.17) is 27.9 Å². The largest absolute Gasteiger partial charge is 0.486 e. The van der Waals surface area contributed by atoms with E-state index in [1.54, 1.807) is 6.92 Å². The number of para-hydroxylation sites is 1. The lowest BCUT2D eigenvalue weighted by molar-refractivity contribution is 0.226. The summed E-state index contributed by atoms with van der Waals surface area (Å²) >= 11 is 12.0. The second kappa shape index (κ2) is 5.59. The van der Waals surface area contributed by atoms with Gasteiger partial charge in [0.1, 0.15) is 17.7 Å². The van der Waals surface area contributed by atoms with Crippen molar-refractivity contribution in [3.05, 3.63) is 63.9 Å². The van der Waals surface area contributed by atoms with Crippen LogP contribution in [0.5, 0.6) is 5.75 Å². The molecule has 0 fully saturated rings. The fourth-order valence-electron chi connectivity index (χ4n) is 1.68. The number of hydrogen-bond acceptors (Lipinski definition) is 1. The second-order valence-corrected chi connectivity index (χ2v) is 4.62. The van der Waals surface area contributed by atoms with Crippen LogP contribution < -0.4 is 4.74 Å². The lowest BCUT2D eigenvalue weighted by Crippen LogP contribution is -2.05. The van der Waals surface area contributed by atoms with Gasteiger partial charge in [0, 0.05) is 10.6 Å². The molecule has 0 N–H and O–H groups in total. The molecule has 0 saturated heterocycles. The summed E-state index contributed by atoms with van der Waals surface area (Å²) in [7, 11) is 0. The molecule has 2 aromatic carbocycles. The first-order valence-electron chi connectivity index (χ1n) is 5.44. The van der Waals surface area contributed by atoms with Gasteiger partial charge in [-0.25, -0.2) is 4.39 Å². The molecule has 0 aliphatic carbocycles. The van der Waals surface area contributed by atoms with Crippen molar-refractivity contribution in [2.45, 2.75) is 13.0 Å². The molecule has 4 heteroatoms. The van der Waals surface area contributed by atoms with Gasteiger partial charge in [-0.1, -0.05) is 41.4 Å². The lowest BCUT2D eigenvalue weighted by atomic mass is 10.1. The molecule has 1 atom stereocenters. The Labute approximate surface area is 115 Å². The summed E-state index contributed by atoms with van der Waals surface area (Å²) in [4.78, 5) is 0. The fraction of sp³-hybridized carbons (Fsp3) is 0.143. The summed E-state index contributed by atoms with van der Waals surface area (Å²) in [5, 5.41) is 0.399. The minimum Gasteiger partial charge on any atom is -0.486 e. The van der Waals surface area contributed by atoms with Crippen LogP contribution in [0, 0.1) is 5.82 Å². The summed E-state index contributed by atoms with van der Waals surface area (Å²) in [6.07, 6.45) is -0.428. The molecule has 2 rings (SSSR count). The smallest absolute Gasteiger partial charge is 0.142 e. The van der Waals surface area contributed by atoms with Crippen molar-refractivity contribution in [3.8, 4) is 5.75 Å². The fourth-order valence-corrected chi connectivity index (χ4v) is 2.36. The van der Waals surface area contributed by atoms with Crippen LogP contribution in [0.2, 0.25) is 10.0 Å². The Kier molecular flexibility index (Phi) is 4.10. The van der Waals surface area contributed by atoms with Crippen LogP contribution in [0.4, 0.5) is 4.39 Å². The second-order valence-electron chi connectivity index (χ2n) is 3.83. The summed E-state index contributed by atoms with van der Waals surface area (Å²) in [6, 6.07) is 12.0. The highest BCUT2D eigenvalue weighted by atomic mass is 35.5. The SMILES string of the molecule is CC(Oc1ccccc1)c1c(Cl)ccc(F)c1Cl. The van der Waals surface area contributed by atoms with Crippen molar-refractivity contribution in [2.75, 3.05) is 0 Å². The summed E-state index contributed by atoms with van der Waals surface area (Å²) in [5.41, 5.74) is 0.460. The summed E-state index contributed by atoms with van der Waals surface area (Å²) in [5.74, 6) is 0.181. The normalized spacial score (nSPS) is 12.2. The van der Waals surface area contributed by atoms with Gasteiger partial charge in [0.2, 0.25) is 0 Å². The zero-order valence-electron chi connectivity index (χ0n) is 9.66. The van der Waals surface area contributed by atoms with E-state index in [1.807, 2.05) is 30.3 Å². The van der Waals surface area contributed by atoms with Crippen molar-refractivity contribution < 1.29 is 9.13 Å². The third-order valence-electron chi connectivity index (χ3n) is 2.54. The quantitative estimate of drug-likeness (QED) is 0.698. The number of ether oxygens (including phenoxy) is 1. The highest BCUT2D eigenvalue weighted by Crippen LogP contribution is 2.34. The zero-order chi connectivity index (χ0) is 13.1. The standard InChI is InChI=1S/C14H11Cl2FO/c1-9(18-10-5-3-2-4-6-10)13-11(15)7-8-12(17)14(13)16/h2-9H,1H3. The molecule has 0 aliphatic rings. The Hall–Kier alpha value is -1.25. The van der Waals surface area contributed by atoms with Gasteiger partial charge in [-0.15, -0.1) is 0 Å². The Bertz CT molecular complexity index is 543. The maximum atomic E-state index is 13.4. The van der Waals surface area contributed by atoms with E-state index in [0.717, 1.165) is 0 Å². The van der Waals surface area contributed by atoms with Gasteiger partial charge in [0.15, 0.2) is 0 Å². The first-order valence-corrected chi connectivity index (χ1v) is 6.20. The molecule has 2 aromatic rings. The molecule has 1 unspecified atom stereocenters. The molecule has 0 heterocycles. The number of benzene rings is 2. The van der Waals surface area contributed by atoms with E-state index in [2.05, 4.69) is 0 Å². The van der Waals surface area contributed by atoms with Crippen LogP contribution in [0.1, 0.15) is 18.6 Å². The molecule has 0 aliphatic heterocycles. The summed E-state index contributed by atoms with van der Waals surface area (Å²) < 4.78 is 19.1. The van der Waals surface area contributed by atoms with E-state index >= 15 is 0 Å². The van der Waals surface area contributed by atoms with Crippen molar-refractivity contribution in [2.24, 2.45) is 0 Å². The van der Waals surface area contributed by atoms with Gasteiger partial charge in [-0.2, -0.15) is 0 Å². The Morgan fingerprint density at radius 3 is 2.39 bits per heavy atom. The molecule has 0 radical (unpaired) electrons. The first kappa shape index (κ1) is 13.2. The van der Waals surface area contributed by atoms with E-state index in [9.17, 15) is 4.39 Å². The zero-order valence-corrected chi connectivity index (χ0v) is 11.2. The molecule has 0 spiro atoms. The minimum atomic E-state index is -0.500. The molecule has 94 valence electrons. The van der Waals surface area contributed by atoms with Crippen molar-refractivity contribution in [3.63, 3.8) is 0 Å². The van der Waals surface area contributed by atoms with Crippen molar-refractivity contribution >= 4 is 23.2 Å². The van der Waals surface area contributed by atoms with Crippen LogP contribution >= 0.6 is 23.2 Å². The third-order valence-corrected chi connectivity index (χ3v) is 3.26. The topological polar surface area (TPSA) is 9.23 Å². The molecule has 1 nitrogen and oxygen atoms in total. The predicted octanol–water partition coefficient (Wildman–Crippen LogP) is 5.27. The van der Waals surface area contributed by atoms with E-state index in [0.29, 0.717) is 16.3 Å². The molecule has 0 amide bonds. The average Bonchev–Trinajstić information content (AvgIpc) is 2.36. The van der Waals surface area contributed by atoms with Gasteiger partial charge < -0.3 is 4.74 Å². The Morgan fingerprint density at radius 2 is 1.72 bits per heavy atom. The molecule has 0 bridgehead atoms. The first-order chi connectivity index (χ1) is 8.59. The lowest BCUT2D eigenvalue weighted by Gasteiger charge is -2.17. The van der Waals surface area contributed by atoms with Gasteiger partial charge >= 0.3 is 0 Å². The Morgan fingerprint density at radius 1 is 1.06 bits per heavy atom. The summed E-state index contributed by atoms with van der Waals surface area (Å²) in [6.45, 7) is 1.78. The highest BCUT2D eigenvalue weighted by Gasteiger charge is 2.18. The van der Waals surface area contributed by atoms with Crippen LogP contribution in [-0.4, -0.2) is 0 Å². The van der Waals surface area contributed by atoms with Crippen molar-refractivity contribution in [1.82, 2.24) is 0 Å². The van der Waals surface area contributed by atoms with Gasteiger partial charge in [-0.05, 0) is 31.2 Å². The molecular formula is C14H11Cl2FO. The van der Waals surface area contributed by atoms with Crippen LogP contribution in [-0.2, 0) is 0 Å². The van der Waals surface area contributed by atoms with E-state index in [-0.39, 0.29) is 5.02 Å². The van der Waals surface area contributed by atoms with Crippen LogP contribution in [0.15, 0.2) is 42.5 Å². The highest BCUT2D eigenvalue weighted by molar-refractivity contribution is 6.36. The van der Waals surface area contributed by atoms with E-state index < -0.39 is 11.9 Å². The number of hydrogen-bond donors (Lipinski definition) is 0. The van der Waals surface area contributed by atoms with Gasteiger partial charge in [0.05, 0.1) is 5.02 Å². The molecule has 0 saturated carbocycles. The van der Waals surface area contributed by atoms with Gasteiger partial charge in [0.25, 0.3) is 0 Å². The van der Waals surface area contributed by atoms with Crippen LogP contribution in [0.3, 0.4) is 0 Å². The minimum absolute atomic E-state index is 0.00549. The van der Waals surface area contributed by atoms with Gasteiger partial charge in [-0.3, -0.25) is 0 Å². The molecule has 0 aromatic heterocycles. The maximum Gasteiger partial charge on any atom is 0.142 e. The molecular weight excluding hydrogens is 274 g/mol. The Balaban J connectivity index is 2.29. The predicted molar refractivity (Wildman–Crippen MR) is 71.9 cm³/mol. The monoisotopic (exact) mass is 284 g/mol. The maximum absolute atomic E-state index is 13.4. The third kappa shape index (κ3) is 2.77. The molecule has 18 heavy (non-hydrogen) atoms.